The molecule has 3 rings (SSSR count). The minimum Gasteiger partial charge on any atom is -0.342 e. The molecule has 2 amide bonds. The fourth-order valence-corrected chi connectivity index (χ4v) is 4.60. The van der Waals surface area contributed by atoms with Gasteiger partial charge in [-0.3, -0.25) is 9.59 Å². The lowest BCUT2D eigenvalue weighted by Crippen LogP contribution is -2.39. The van der Waals surface area contributed by atoms with E-state index in [1.807, 2.05) is 66.5 Å². The van der Waals surface area contributed by atoms with E-state index in [1.165, 1.54) is 31.0 Å². The molecule has 1 aliphatic carbocycles. The number of nitrogens with zero attached hydrogens (tertiary/aromatic N) is 2. The lowest BCUT2D eigenvalue weighted by Gasteiger charge is -2.31. The Kier molecular flexibility index (Phi) is 7.15. The summed E-state index contributed by atoms with van der Waals surface area (Å²) in [6.45, 7) is 0. The first-order valence-corrected chi connectivity index (χ1v) is 10.9. The van der Waals surface area contributed by atoms with E-state index < -0.39 is 0 Å². The number of para-hydroxylation sites is 1. The van der Waals surface area contributed by atoms with Crippen molar-refractivity contribution in [2.75, 3.05) is 24.7 Å². The van der Waals surface area contributed by atoms with E-state index in [1.54, 1.807) is 11.9 Å². The SMILES string of the molecule is CN(C(=O)c1ccccc1SCC(=O)N(C)C1CCCCC1)c1ccccc1. The summed E-state index contributed by atoms with van der Waals surface area (Å²) in [5, 5.41) is 0. The average Bonchev–Trinajstić information content (AvgIpc) is 2.77. The lowest BCUT2D eigenvalue weighted by molar-refractivity contribution is -0.129. The molecule has 0 atom stereocenters. The van der Waals surface area contributed by atoms with Crippen molar-refractivity contribution in [2.24, 2.45) is 0 Å². The Morgan fingerprint density at radius 1 is 0.929 bits per heavy atom. The fourth-order valence-electron chi connectivity index (χ4n) is 3.63. The van der Waals surface area contributed by atoms with E-state index in [4.69, 9.17) is 0 Å². The third-order valence-electron chi connectivity index (χ3n) is 5.43. The van der Waals surface area contributed by atoms with Crippen LogP contribution in [0, 0.1) is 0 Å². The molecule has 0 unspecified atom stereocenters. The van der Waals surface area contributed by atoms with Crippen molar-refractivity contribution in [1.29, 1.82) is 0 Å². The van der Waals surface area contributed by atoms with Gasteiger partial charge in [-0.05, 0) is 37.1 Å². The number of hydrogen-bond donors (Lipinski definition) is 0. The Bertz CT molecular complexity index is 803. The Labute approximate surface area is 171 Å². The monoisotopic (exact) mass is 396 g/mol. The normalized spacial score (nSPS) is 14.5. The van der Waals surface area contributed by atoms with Crippen molar-refractivity contribution in [3.8, 4) is 0 Å². The molecule has 148 valence electrons. The van der Waals surface area contributed by atoms with Gasteiger partial charge in [-0.2, -0.15) is 0 Å². The van der Waals surface area contributed by atoms with Crippen LogP contribution in [0.25, 0.3) is 0 Å². The molecule has 0 spiro atoms. The molecule has 5 heteroatoms. The third-order valence-corrected chi connectivity index (χ3v) is 6.49. The summed E-state index contributed by atoms with van der Waals surface area (Å²) < 4.78 is 0. The van der Waals surface area contributed by atoms with Crippen LogP contribution in [0.2, 0.25) is 0 Å². The summed E-state index contributed by atoms with van der Waals surface area (Å²) in [4.78, 5) is 30.1. The van der Waals surface area contributed by atoms with Gasteiger partial charge in [0.25, 0.3) is 5.91 Å². The number of amides is 2. The first-order valence-electron chi connectivity index (χ1n) is 9.88. The highest BCUT2D eigenvalue weighted by molar-refractivity contribution is 8.00. The van der Waals surface area contributed by atoms with Gasteiger partial charge in [-0.1, -0.05) is 49.6 Å². The minimum absolute atomic E-state index is 0.0672. The van der Waals surface area contributed by atoms with Crippen LogP contribution in [0.3, 0.4) is 0 Å². The van der Waals surface area contributed by atoms with Crippen LogP contribution in [-0.4, -0.2) is 42.6 Å². The molecule has 4 nitrogen and oxygen atoms in total. The highest BCUT2D eigenvalue weighted by Gasteiger charge is 2.23. The molecule has 0 radical (unpaired) electrons. The molecule has 2 aromatic carbocycles. The topological polar surface area (TPSA) is 40.6 Å². The fraction of sp³-hybridized carbons (Fsp3) is 0.391. The smallest absolute Gasteiger partial charge is 0.259 e. The summed E-state index contributed by atoms with van der Waals surface area (Å²) in [6.07, 6.45) is 5.89. The van der Waals surface area contributed by atoms with Gasteiger partial charge < -0.3 is 9.80 Å². The molecule has 0 bridgehead atoms. The van der Waals surface area contributed by atoms with Crippen LogP contribution in [0.4, 0.5) is 5.69 Å². The zero-order valence-corrected chi connectivity index (χ0v) is 17.5. The highest BCUT2D eigenvalue weighted by atomic mass is 32.2. The third kappa shape index (κ3) is 4.96. The van der Waals surface area contributed by atoms with Gasteiger partial charge in [-0.25, -0.2) is 0 Å². The average molecular weight is 397 g/mol. The Hall–Kier alpha value is -2.27. The standard InChI is InChI=1S/C23H28N2O2S/c1-24(18-11-5-3-6-12-18)22(26)17-28-21-16-10-9-15-20(21)23(27)25(2)19-13-7-4-8-14-19/h4,7-10,13-16,18H,3,5-6,11-12,17H2,1-2H3. The Morgan fingerprint density at radius 3 is 2.29 bits per heavy atom. The highest BCUT2D eigenvalue weighted by Crippen LogP contribution is 2.27. The Morgan fingerprint density at radius 2 is 1.57 bits per heavy atom. The van der Waals surface area contributed by atoms with E-state index in [0.29, 0.717) is 17.4 Å². The quantitative estimate of drug-likeness (QED) is 0.656. The molecule has 0 heterocycles. The summed E-state index contributed by atoms with van der Waals surface area (Å²) in [5.41, 5.74) is 1.48. The van der Waals surface area contributed by atoms with Gasteiger partial charge in [0.05, 0.1) is 11.3 Å². The molecule has 2 aromatic rings. The van der Waals surface area contributed by atoms with Crippen LogP contribution < -0.4 is 4.90 Å². The van der Waals surface area contributed by atoms with Gasteiger partial charge in [-0.15, -0.1) is 11.8 Å². The number of carbonyl (C=O) groups is 2. The van der Waals surface area contributed by atoms with Crippen LogP contribution >= 0.6 is 11.8 Å². The molecule has 1 aliphatic rings. The summed E-state index contributed by atoms with van der Waals surface area (Å²) >= 11 is 1.45. The first kappa shape index (κ1) is 20.5. The van der Waals surface area contributed by atoms with Crippen molar-refractivity contribution >= 4 is 29.3 Å². The zero-order chi connectivity index (χ0) is 19.9. The molecule has 0 aliphatic heterocycles. The number of benzene rings is 2. The van der Waals surface area contributed by atoms with Crippen molar-refractivity contribution < 1.29 is 9.59 Å². The second-order valence-corrected chi connectivity index (χ2v) is 8.30. The summed E-state index contributed by atoms with van der Waals surface area (Å²) in [7, 11) is 3.69. The van der Waals surface area contributed by atoms with Gasteiger partial charge in [0.2, 0.25) is 5.91 Å². The van der Waals surface area contributed by atoms with Crippen LogP contribution in [0.15, 0.2) is 59.5 Å². The van der Waals surface area contributed by atoms with Gasteiger partial charge >= 0.3 is 0 Å². The molecule has 0 N–H and O–H groups in total. The second kappa shape index (κ2) is 9.78. The maximum atomic E-state index is 13.0. The van der Waals surface area contributed by atoms with Crippen molar-refractivity contribution in [3.05, 3.63) is 60.2 Å². The van der Waals surface area contributed by atoms with Crippen molar-refractivity contribution in [3.63, 3.8) is 0 Å². The lowest BCUT2D eigenvalue weighted by atomic mass is 9.94. The van der Waals surface area contributed by atoms with Crippen molar-refractivity contribution in [1.82, 2.24) is 4.90 Å². The molecular weight excluding hydrogens is 368 g/mol. The van der Waals surface area contributed by atoms with E-state index in [0.717, 1.165) is 23.4 Å². The number of carbonyl (C=O) groups excluding carboxylic acids is 2. The molecule has 0 aromatic heterocycles. The van der Waals surface area contributed by atoms with E-state index in [2.05, 4.69) is 0 Å². The van der Waals surface area contributed by atoms with E-state index in [-0.39, 0.29) is 11.8 Å². The largest absolute Gasteiger partial charge is 0.342 e. The predicted octanol–water partition coefficient (Wildman–Crippen LogP) is 4.85. The first-order chi connectivity index (χ1) is 13.6. The van der Waals surface area contributed by atoms with Gasteiger partial charge in [0.1, 0.15) is 0 Å². The number of anilines is 1. The minimum atomic E-state index is -0.0672. The number of thioether (sulfide) groups is 1. The number of hydrogen-bond acceptors (Lipinski definition) is 3. The number of rotatable bonds is 6. The summed E-state index contributed by atoms with van der Waals surface area (Å²) in [6, 6.07) is 17.5. The predicted molar refractivity (Wildman–Crippen MR) is 116 cm³/mol. The van der Waals surface area contributed by atoms with E-state index in [9.17, 15) is 9.59 Å². The van der Waals surface area contributed by atoms with Gasteiger partial charge in [0, 0.05) is 30.7 Å². The molecular formula is C23H28N2O2S. The summed E-state index contributed by atoms with van der Waals surface area (Å²) in [5.74, 6) is 0.421. The van der Waals surface area contributed by atoms with Crippen LogP contribution in [0.1, 0.15) is 42.5 Å². The zero-order valence-electron chi connectivity index (χ0n) is 16.6. The molecule has 1 fully saturated rings. The molecule has 1 saturated carbocycles. The van der Waals surface area contributed by atoms with E-state index >= 15 is 0 Å². The van der Waals surface area contributed by atoms with Gasteiger partial charge in [0.15, 0.2) is 0 Å². The molecule has 0 saturated heterocycles. The maximum absolute atomic E-state index is 13.0. The van der Waals surface area contributed by atoms with Crippen molar-refractivity contribution in [2.45, 2.75) is 43.0 Å². The maximum Gasteiger partial charge on any atom is 0.259 e. The molecule has 28 heavy (non-hydrogen) atoms. The van der Waals surface area contributed by atoms with Crippen LogP contribution in [-0.2, 0) is 4.79 Å². The Balaban J connectivity index is 1.66. The second-order valence-electron chi connectivity index (χ2n) is 7.28. The van der Waals surface area contributed by atoms with Crippen LogP contribution in [0.5, 0.6) is 0 Å².